The van der Waals surface area contributed by atoms with Crippen LogP contribution in [0.3, 0.4) is 0 Å². The lowest BCUT2D eigenvalue weighted by molar-refractivity contribution is 0.0696. The second-order valence-electron chi connectivity index (χ2n) is 4.54. The van der Waals surface area contributed by atoms with Crippen LogP contribution in [0.5, 0.6) is 0 Å². The first-order valence-electron chi connectivity index (χ1n) is 6.24. The number of aryl methyl sites for hydroxylation is 1. The fraction of sp³-hybridized carbons (Fsp3) is 0.357. The Morgan fingerprint density at radius 3 is 2.62 bits per heavy atom. The van der Waals surface area contributed by atoms with Gasteiger partial charge in [0.15, 0.2) is 0 Å². The largest absolute Gasteiger partial charge is 0.478 e. The van der Waals surface area contributed by atoms with Crippen molar-refractivity contribution in [2.24, 2.45) is 0 Å². The number of rotatable bonds is 6. The highest BCUT2D eigenvalue weighted by molar-refractivity contribution is 9.10. The third-order valence-corrected chi connectivity index (χ3v) is 5.64. The molecule has 114 valence electrons. The molecule has 0 aliphatic carbocycles. The molecule has 1 atom stereocenters. The summed E-state index contributed by atoms with van der Waals surface area (Å²) in [6.07, 6.45) is 6.54. The second-order valence-corrected chi connectivity index (χ2v) is 7.02. The maximum atomic E-state index is 12.4. The standard InChI is InChI=1S/C14H16BrNO4S/c1-4-6-11(5-2)16-21(19,20)12-8-10(14(17)18)7-9(3)13(12)15/h2,7-8,11,16H,4,6H2,1,3H3,(H,17,18). The SMILES string of the molecule is C#CC(CCC)NS(=O)(=O)c1cc(C(=O)O)cc(C)c1Br. The molecule has 1 aromatic rings. The quantitative estimate of drug-likeness (QED) is 0.750. The molecule has 0 aliphatic heterocycles. The van der Waals surface area contributed by atoms with Gasteiger partial charge in [0.05, 0.1) is 16.5 Å². The van der Waals surface area contributed by atoms with E-state index < -0.39 is 22.0 Å². The predicted octanol–water partition coefficient (Wildman–Crippen LogP) is 2.54. The van der Waals surface area contributed by atoms with Gasteiger partial charge in [-0.05, 0) is 47.0 Å². The highest BCUT2D eigenvalue weighted by Gasteiger charge is 2.23. The van der Waals surface area contributed by atoms with Crippen LogP contribution < -0.4 is 4.72 Å². The number of carbonyl (C=O) groups is 1. The maximum Gasteiger partial charge on any atom is 0.335 e. The first-order chi connectivity index (χ1) is 9.72. The van der Waals surface area contributed by atoms with Crippen molar-refractivity contribution in [3.8, 4) is 12.3 Å². The Morgan fingerprint density at radius 2 is 2.14 bits per heavy atom. The smallest absolute Gasteiger partial charge is 0.335 e. The summed E-state index contributed by atoms with van der Waals surface area (Å²) in [5, 5.41) is 9.04. The molecule has 0 saturated carbocycles. The summed E-state index contributed by atoms with van der Waals surface area (Å²) in [6.45, 7) is 3.52. The minimum absolute atomic E-state index is 0.0937. The van der Waals surface area contributed by atoms with Crippen LogP contribution in [0.25, 0.3) is 0 Å². The molecular weight excluding hydrogens is 358 g/mol. The molecule has 21 heavy (non-hydrogen) atoms. The van der Waals surface area contributed by atoms with Gasteiger partial charge in [0, 0.05) is 4.47 Å². The molecule has 1 unspecified atom stereocenters. The van der Waals surface area contributed by atoms with Crippen molar-refractivity contribution in [2.45, 2.75) is 37.6 Å². The van der Waals surface area contributed by atoms with Gasteiger partial charge in [0.1, 0.15) is 0 Å². The molecule has 5 nitrogen and oxygen atoms in total. The average molecular weight is 374 g/mol. The summed E-state index contributed by atoms with van der Waals surface area (Å²) >= 11 is 3.19. The minimum atomic E-state index is -3.91. The molecular formula is C14H16BrNO4S. The molecule has 0 spiro atoms. The van der Waals surface area contributed by atoms with E-state index in [1.165, 1.54) is 6.07 Å². The molecule has 1 rings (SSSR count). The van der Waals surface area contributed by atoms with Crippen molar-refractivity contribution < 1.29 is 18.3 Å². The van der Waals surface area contributed by atoms with Gasteiger partial charge in [-0.25, -0.2) is 13.2 Å². The molecule has 0 saturated heterocycles. The van der Waals surface area contributed by atoms with Crippen LogP contribution in [-0.4, -0.2) is 25.5 Å². The number of sulfonamides is 1. The van der Waals surface area contributed by atoms with Crippen molar-refractivity contribution in [3.63, 3.8) is 0 Å². The third kappa shape index (κ3) is 4.30. The third-order valence-electron chi connectivity index (χ3n) is 2.83. The van der Waals surface area contributed by atoms with E-state index in [0.717, 1.165) is 12.5 Å². The van der Waals surface area contributed by atoms with Crippen molar-refractivity contribution in [2.75, 3.05) is 0 Å². The summed E-state index contributed by atoms with van der Waals surface area (Å²) in [5.74, 6) is 1.19. The number of carboxylic acid groups (broad SMARTS) is 1. The fourth-order valence-electron chi connectivity index (χ4n) is 1.77. The van der Waals surface area contributed by atoms with Crippen LogP contribution in [0.1, 0.15) is 35.7 Å². The lowest BCUT2D eigenvalue weighted by Gasteiger charge is -2.15. The lowest BCUT2D eigenvalue weighted by Crippen LogP contribution is -2.34. The van der Waals surface area contributed by atoms with Crippen LogP contribution in [0.15, 0.2) is 21.5 Å². The highest BCUT2D eigenvalue weighted by Crippen LogP contribution is 2.27. The van der Waals surface area contributed by atoms with Gasteiger partial charge in [-0.3, -0.25) is 0 Å². The number of benzene rings is 1. The van der Waals surface area contributed by atoms with Gasteiger partial charge in [0.25, 0.3) is 0 Å². The number of halogens is 1. The van der Waals surface area contributed by atoms with Crippen molar-refractivity contribution in [1.29, 1.82) is 0 Å². The Hall–Kier alpha value is -1.36. The normalized spacial score (nSPS) is 12.7. The number of carboxylic acids is 1. The summed E-state index contributed by atoms with van der Waals surface area (Å²) < 4.78 is 27.5. The molecule has 2 N–H and O–H groups in total. The molecule has 0 radical (unpaired) electrons. The molecule has 0 amide bonds. The minimum Gasteiger partial charge on any atom is -0.478 e. The van der Waals surface area contributed by atoms with E-state index >= 15 is 0 Å². The van der Waals surface area contributed by atoms with Crippen LogP contribution >= 0.6 is 15.9 Å². The maximum absolute atomic E-state index is 12.4. The van der Waals surface area contributed by atoms with E-state index in [2.05, 4.69) is 26.6 Å². The van der Waals surface area contributed by atoms with Crippen LogP contribution in [0, 0.1) is 19.3 Å². The van der Waals surface area contributed by atoms with Gasteiger partial charge >= 0.3 is 5.97 Å². The van der Waals surface area contributed by atoms with E-state index in [9.17, 15) is 13.2 Å². The van der Waals surface area contributed by atoms with E-state index in [4.69, 9.17) is 11.5 Å². The molecule has 0 aromatic heterocycles. The summed E-state index contributed by atoms with van der Waals surface area (Å²) in [6, 6.07) is 1.89. The van der Waals surface area contributed by atoms with Crippen molar-refractivity contribution in [3.05, 3.63) is 27.7 Å². The van der Waals surface area contributed by atoms with Crippen LogP contribution in [0.2, 0.25) is 0 Å². The Bertz CT molecular complexity index is 692. The summed E-state index contributed by atoms with van der Waals surface area (Å²) in [4.78, 5) is 10.9. The molecule has 1 aromatic carbocycles. The van der Waals surface area contributed by atoms with Crippen molar-refractivity contribution >= 4 is 31.9 Å². The molecule has 0 fully saturated rings. The topological polar surface area (TPSA) is 83.5 Å². The molecule has 7 heteroatoms. The average Bonchev–Trinajstić information content (AvgIpc) is 2.40. The van der Waals surface area contributed by atoms with Gasteiger partial charge < -0.3 is 5.11 Å². The Kier molecular flexibility index (Phi) is 5.96. The number of hydrogen-bond donors (Lipinski definition) is 2. The highest BCUT2D eigenvalue weighted by atomic mass is 79.9. The Labute approximate surface area is 132 Å². The van der Waals surface area contributed by atoms with Crippen LogP contribution in [-0.2, 0) is 10.0 Å². The van der Waals surface area contributed by atoms with E-state index in [0.29, 0.717) is 16.5 Å². The van der Waals surface area contributed by atoms with E-state index in [1.54, 1.807) is 6.92 Å². The zero-order chi connectivity index (χ0) is 16.2. The fourth-order valence-corrected chi connectivity index (χ4v) is 4.01. The zero-order valence-corrected chi connectivity index (χ0v) is 14.1. The lowest BCUT2D eigenvalue weighted by atomic mass is 10.1. The number of aromatic carboxylic acids is 1. The molecule has 0 aliphatic rings. The number of nitrogens with one attached hydrogen (secondary N) is 1. The van der Waals surface area contributed by atoms with Gasteiger partial charge in [-0.1, -0.05) is 19.3 Å². The number of hydrogen-bond acceptors (Lipinski definition) is 3. The molecule has 0 heterocycles. The second kappa shape index (κ2) is 7.07. The zero-order valence-electron chi connectivity index (χ0n) is 11.7. The molecule has 0 bridgehead atoms. The van der Waals surface area contributed by atoms with Gasteiger partial charge in [-0.15, -0.1) is 6.42 Å². The Balaban J connectivity index is 3.31. The predicted molar refractivity (Wildman–Crippen MR) is 83.7 cm³/mol. The summed E-state index contributed by atoms with van der Waals surface area (Å²) in [7, 11) is -3.91. The van der Waals surface area contributed by atoms with Crippen LogP contribution in [0.4, 0.5) is 0 Å². The first kappa shape index (κ1) is 17.7. The van der Waals surface area contributed by atoms with Gasteiger partial charge in [-0.2, -0.15) is 4.72 Å². The first-order valence-corrected chi connectivity index (χ1v) is 8.52. The van der Waals surface area contributed by atoms with Gasteiger partial charge in [0.2, 0.25) is 10.0 Å². The summed E-state index contributed by atoms with van der Waals surface area (Å²) in [5.41, 5.74) is 0.423. The monoisotopic (exact) mass is 373 g/mol. The van der Waals surface area contributed by atoms with Crippen molar-refractivity contribution in [1.82, 2.24) is 4.72 Å². The van der Waals surface area contributed by atoms with E-state index in [1.807, 2.05) is 6.92 Å². The Morgan fingerprint density at radius 1 is 1.52 bits per heavy atom. The van der Waals surface area contributed by atoms with E-state index in [-0.39, 0.29) is 10.5 Å². The number of terminal acetylenes is 1.